The Balaban J connectivity index is 1.64. The molecule has 3 heterocycles. The van der Waals surface area contributed by atoms with Gasteiger partial charge in [0, 0.05) is 37.7 Å². The van der Waals surface area contributed by atoms with Gasteiger partial charge in [-0.25, -0.2) is 13.8 Å². The third-order valence-electron chi connectivity index (χ3n) is 6.18. The fourth-order valence-electron chi connectivity index (χ4n) is 4.42. The molecule has 1 amide bonds. The van der Waals surface area contributed by atoms with Crippen molar-refractivity contribution in [3.63, 3.8) is 0 Å². The molecule has 2 aliphatic rings. The molecule has 176 valence electrons. The molecule has 0 atom stereocenters. The van der Waals surface area contributed by atoms with Crippen LogP contribution >= 0.6 is 15.9 Å². The molecule has 2 aromatic heterocycles. The van der Waals surface area contributed by atoms with E-state index >= 15 is 0 Å². The second kappa shape index (κ2) is 8.89. The van der Waals surface area contributed by atoms with E-state index in [2.05, 4.69) is 26.2 Å². The van der Waals surface area contributed by atoms with Crippen molar-refractivity contribution in [3.8, 4) is 0 Å². The summed E-state index contributed by atoms with van der Waals surface area (Å²) in [5.41, 5.74) is -0.943. The zero-order valence-electron chi connectivity index (χ0n) is 17.2. The fraction of sp³-hybridized carbons (Fsp3) is 0.619. The zero-order valence-corrected chi connectivity index (χ0v) is 18.7. The van der Waals surface area contributed by atoms with Gasteiger partial charge in [-0.2, -0.15) is 13.2 Å². The van der Waals surface area contributed by atoms with Crippen LogP contribution in [0.25, 0.3) is 5.65 Å². The average molecular weight is 524 g/mol. The van der Waals surface area contributed by atoms with Crippen LogP contribution in [0.5, 0.6) is 0 Å². The first kappa shape index (κ1) is 23.4. The van der Waals surface area contributed by atoms with Crippen LogP contribution in [0.4, 0.5) is 22.0 Å². The maximum atomic E-state index is 13.8. The number of hydrogen-bond acceptors (Lipinski definition) is 3. The Morgan fingerprint density at radius 1 is 1.19 bits per heavy atom. The number of amides is 1. The number of rotatable bonds is 4. The van der Waals surface area contributed by atoms with E-state index < -0.39 is 23.7 Å². The lowest BCUT2D eigenvalue weighted by Crippen LogP contribution is -2.38. The number of imidazole rings is 1. The Morgan fingerprint density at radius 3 is 2.47 bits per heavy atom. The molecule has 1 saturated carbocycles. The van der Waals surface area contributed by atoms with Crippen molar-refractivity contribution in [2.75, 3.05) is 13.2 Å². The summed E-state index contributed by atoms with van der Waals surface area (Å²) in [4.78, 5) is 16.5. The average Bonchev–Trinajstić information content (AvgIpc) is 3.09. The Hall–Kier alpha value is -1.75. The van der Waals surface area contributed by atoms with Crippen LogP contribution in [0.2, 0.25) is 0 Å². The number of alkyl halides is 5. The topological polar surface area (TPSA) is 55.6 Å². The van der Waals surface area contributed by atoms with E-state index in [1.807, 2.05) is 0 Å². The van der Waals surface area contributed by atoms with Gasteiger partial charge in [-0.05, 0) is 66.1 Å². The predicted octanol–water partition coefficient (Wildman–Crippen LogP) is 5.39. The second-order valence-corrected chi connectivity index (χ2v) is 9.34. The summed E-state index contributed by atoms with van der Waals surface area (Å²) >= 11 is 3.29. The summed E-state index contributed by atoms with van der Waals surface area (Å²) in [6.45, 7) is 1.08. The SMILES string of the molecule is O=C(NC1CCOCC1)c1cc(Br)n2c(CC3CCC(F)(F)CC3)c(C(F)(F)F)nc2c1. The molecule has 0 radical (unpaired) electrons. The van der Waals surface area contributed by atoms with Crippen LogP contribution in [0.15, 0.2) is 16.7 Å². The van der Waals surface area contributed by atoms with Gasteiger partial charge in [0.15, 0.2) is 5.69 Å². The van der Waals surface area contributed by atoms with Gasteiger partial charge in [-0.1, -0.05) is 0 Å². The highest BCUT2D eigenvalue weighted by molar-refractivity contribution is 9.10. The molecule has 0 bridgehead atoms. The van der Waals surface area contributed by atoms with Gasteiger partial charge in [-0.3, -0.25) is 9.20 Å². The van der Waals surface area contributed by atoms with Crippen LogP contribution in [0.1, 0.15) is 60.3 Å². The predicted molar refractivity (Wildman–Crippen MR) is 110 cm³/mol. The number of halogens is 6. The van der Waals surface area contributed by atoms with E-state index in [0.717, 1.165) is 0 Å². The standard InChI is InChI=1S/C21H23BrF5N3O2/c22-16-10-13(19(31)28-14-3-7-32-8-4-14)11-17-29-18(21(25,26)27)15(30(16)17)9-12-1-5-20(23,24)6-2-12/h10-12,14H,1-9H2,(H,28,31). The van der Waals surface area contributed by atoms with Crippen LogP contribution in [0, 0.1) is 5.92 Å². The van der Waals surface area contributed by atoms with Gasteiger partial charge in [-0.15, -0.1) is 0 Å². The first-order valence-electron chi connectivity index (χ1n) is 10.6. The molecule has 5 nitrogen and oxygen atoms in total. The zero-order chi connectivity index (χ0) is 23.1. The number of ether oxygens (including phenoxy) is 1. The summed E-state index contributed by atoms with van der Waals surface area (Å²) in [6, 6.07) is 2.73. The largest absolute Gasteiger partial charge is 0.435 e. The summed E-state index contributed by atoms with van der Waals surface area (Å²) < 4.78 is 75.1. The highest BCUT2D eigenvalue weighted by Gasteiger charge is 2.40. The molecule has 11 heteroatoms. The number of pyridine rings is 1. The second-order valence-electron chi connectivity index (χ2n) is 8.53. The van der Waals surface area contributed by atoms with Crippen molar-refractivity contribution in [3.05, 3.63) is 33.7 Å². The molecule has 32 heavy (non-hydrogen) atoms. The van der Waals surface area contributed by atoms with E-state index in [1.54, 1.807) is 0 Å². The smallest absolute Gasteiger partial charge is 0.381 e. The lowest BCUT2D eigenvalue weighted by molar-refractivity contribution is -0.141. The summed E-state index contributed by atoms with van der Waals surface area (Å²) in [5.74, 6) is -3.44. The number of carbonyl (C=O) groups excluding carboxylic acids is 1. The number of nitrogens with one attached hydrogen (secondary N) is 1. The molecule has 1 aliphatic carbocycles. The number of nitrogens with zero attached hydrogens (tertiary/aromatic N) is 2. The van der Waals surface area contributed by atoms with Crippen LogP contribution < -0.4 is 5.32 Å². The van der Waals surface area contributed by atoms with Gasteiger partial charge in [0.1, 0.15) is 5.65 Å². The molecule has 1 aliphatic heterocycles. The Morgan fingerprint density at radius 2 is 1.84 bits per heavy atom. The highest BCUT2D eigenvalue weighted by Crippen LogP contribution is 2.40. The van der Waals surface area contributed by atoms with Gasteiger partial charge in [0.25, 0.3) is 5.91 Å². The Labute approximate surface area is 189 Å². The molecule has 0 aromatic carbocycles. The van der Waals surface area contributed by atoms with E-state index in [1.165, 1.54) is 16.5 Å². The van der Waals surface area contributed by atoms with Crippen LogP contribution in [-0.4, -0.2) is 40.5 Å². The number of hydrogen-bond donors (Lipinski definition) is 1. The molecule has 2 fully saturated rings. The third kappa shape index (κ3) is 5.08. The van der Waals surface area contributed by atoms with Gasteiger partial charge >= 0.3 is 6.18 Å². The third-order valence-corrected chi connectivity index (χ3v) is 6.76. The summed E-state index contributed by atoms with van der Waals surface area (Å²) in [5, 5.41) is 2.88. The van der Waals surface area contributed by atoms with Crippen LogP contribution in [-0.2, 0) is 17.3 Å². The van der Waals surface area contributed by atoms with Crippen molar-refractivity contribution in [1.82, 2.24) is 14.7 Å². The van der Waals surface area contributed by atoms with E-state index in [-0.39, 0.29) is 65.6 Å². The minimum Gasteiger partial charge on any atom is -0.381 e. The molecule has 0 unspecified atom stereocenters. The number of aromatic nitrogens is 2. The first-order chi connectivity index (χ1) is 15.0. The summed E-state index contributed by atoms with van der Waals surface area (Å²) in [7, 11) is 0. The molecular weight excluding hydrogens is 501 g/mol. The maximum Gasteiger partial charge on any atom is 0.435 e. The van der Waals surface area contributed by atoms with Gasteiger partial charge in [0.2, 0.25) is 5.92 Å². The van der Waals surface area contributed by atoms with Crippen molar-refractivity contribution < 1.29 is 31.5 Å². The molecule has 0 spiro atoms. The van der Waals surface area contributed by atoms with Gasteiger partial charge in [0.05, 0.1) is 10.3 Å². The van der Waals surface area contributed by atoms with Crippen molar-refractivity contribution in [2.24, 2.45) is 5.92 Å². The minimum absolute atomic E-state index is 0.0139. The Kier molecular flexibility index (Phi) is 6.50. The van der Waals surface area contributed by atoms with E-state index in [4.69, 9.17) is 4.74 Å². The minimum atomic E-state index is -4.70. The Bertz CT molecular complexity index is 991. The molecule has 4 rings (SSSR count). The van der Waals surface area contributed by atoms with Crippen LogP contribution in [0.3, 0.4) is 0 Å². The van der Waals surface area contributed by atoms with E-state index in [9.17, 15) is 26.7 Å². The van der Waals surface area contributed by atoms with E-state index in [0.29, 0.717) is 26.1 Å². The normalized spacial score (nSPS) is 20.6. The fourth-order valence-corrected chi connectivity index (χ4v) is 5.06. The molecule has 2 aromatic rings. The monoisotopic (exact) mass is 523 g/mol. The highest BCUT2D eigenvalue weighted by atomic mass is 79.9. The lowest BCUT2D eigenvalue weighted by atomic mass is 9.83. The quantitative estimate of drug-likeness (QED) is 0.431. The molecular formula is C21H23BrF5N3O2. The van der Waals surface area contributed by atoms with Crippen molar-refractivity contribution >= 4 is 27.5 Å². The lowest BCUT2D eigenvalue weighted by Gasteiger charge is -2.28. The number of fused-ring (bicyclic) bond motifs is 1. The summed E-state index contributed by atoms with van der Waals surface area (Å²) in [6.07, 6.45) is -3.73. The number of carbonyl (C=O) groups is 1. The van der Waals surface area contributed by atoms with Crippen molar-refractivity contribution in [1.29, 1.82) is 0 Å². The van der Waals surface area contributed by atoms with Gasteiger partial charge < -0.3 is 10.1 Å². The maximum absolute atomic E-state index is 13.8. The molecule has 1 N–H and O–H groups in total. The first-order valence-corrected chi connectivity index (χ1v) is 11.4. The molecule has 1 saturated heterocycles. The van der Waals surface area contributed by atoms with Crippen molar-refractivity contribution in [2.45, 2.75) is 63.1 Å².